The Bertz CT molecular complexity index is 699. The molecular weight excluding hydrogens is 330 g/mol. The highest BCUT2D eigenvalue weighted by molar-refractivity contribution is 5.85. The van der Waals surface area contributed by atoms with Crippen molar-refractivity contribution in [1.82, 2.24) is 15.1 Å². The van der Waals surface area contributed by atoms with E-state index in [-0.39, 0.29) is 30.1 Å². The lowest BCUT2D eigenvalue weighted by molar-refractivity contribution is -0.133. The van der Waals surface area contributed by atoms with Gasteiger partial charge in [0.2, 0.25) is 5.91 Å². The average Bonchev–Trinajstić information content (AvgIpc) is 2.64. The van der Waals surface area contributed by atoms with Gasteiger partial charge in [0.05, 0.1) is 6.04 Å². The zero-order valence-corrected chi connectivity index (χ0v) is 15.4. The average molecular weight is 357 g/mol. The van der Waals surface area contributed by atoms with Gasteiger partial charge in [0.1, 0.15) is 17.9 Å². The van der Waals surface area contributed by atoms with E-state index in [0.29, 0.717) is 13.1 Å². The van der Waals surface area contributed by atoms with Gasteiger partial charge < -0.3 is 19.9 Å². The topological polar surface area (TPSA) is 61.9 Å². The third kappa shape index (κ3) is 3.24. The fourth-order valence-corrected chi connectivity index (χ4v) is 4.42. The van der Waals surface area contributed by atoms with Crippen LogP contribution in [0.15, 0.2) is 24.3 Å². The molecule has 26 heavy (non-hydrogen) atoms. The van der Waals surface area contributed by atoms with E-state index < -0.39 is 0 Å². The number of benzene rings is 1. The Kier molecular flexibility index (Phi) is 4.51. The number of urea groups is 1. The molecule has 2 fully saturated rings. The van der Waals surface area contributed by atoms with Gasteiger partial charge in [-0.05, 0) is 31.7 Å². The van der Waals surface area contributed by atoms with Crippen molar-refractivity contribution in [3.8, 4) is 5.75 Å². The van der Waals surface area contributed by atoms with E-state index in [1.165, 1.54) is 19.3 Å². The van der Waals surface area contributed by atoms with Gasteiger partial charge in [0.25, 0.3) is 0 Å². The SMILES string of the molecule is CN1CCN(C(=O)NC2CC3(CCCCC3)Oc3ccccc32)CC1=O. The van der Waals surface area contributed by atoms with E-state index in [1.807, 2.05) is 24.3 Å². The molecule has 1 saturated heterocycles. The van der Waals surface area contributed by atoms with Crippen molar-refractivity contribution in [3.63, 3.8) is 0 Å². The highest BCUT2D eigenvalue weighted by Crippen LogP contribution is 2.46. The second kappa shape index (κ2) is 6.82. The van der Waals surface area contributed by atoms with Gasteiger partial charge in [0, 0.05) is 32.1 Å². The number of rotatable bonds is 1. The zero-order chi connectivity index (χ0) is 18.1. The minimum Gasteiger partial charge on any atom is -0.487 e. The van der Waals surface area contributed by atoms with Crippen molar-refractivity contribution in [2.75, 3.05) is 26.7 Å². The Hall–Kier alpha value is -2.24. The van der Waals surface area contributed by atoms with Crippen LogP contribution in [0.25, 0.3) is 0 Å². The lowest BCUT2D eigenvalue weighted by Gasteiger charge is -2.45. The van der Waals surface area contributed by atoms with Crippen LogP contribution in [0, 0.1) is 0 Å². The standard InChI is InChI=1S/C20H27N3O3/c1-22-11-12-23(14-18(22)24)19(25)21-16-13-20(9-5-2-6-10-20)26-17-8-4-3-7-15(16)17/h3-4,7-8,16H,2,5-6,9-14H2,1H3,(H,21,25). The molecule has 140 valence electrons. The largest absolute Gasteiger partial charge is 0.487 e. The summed E-state index contributed by atoms with van der Waals surface area (Å²) in [5.41, 5.74) is 0.875. The Balaban J connectivity index is 1.53. The number of hydrogen-bond donors (Lipinski definition) is 1. The Morgan fingerprint density at radius 3 is 2.73 bits per heavy atom. The van der Waals surface area contributed by atoms with Crippen LogP contribution in [-0.4, -0.2) is 54.0 Å². The molecule has 2 heterocycles. The van der Waals surface area contributed by atoms with Gasteiger partial charge >= 0.3 is 6.03 Å². The number of carbonyl (C=O) groups excluding carboxylic acids is 2. The number of likely N-dealkylation sites (N-methyl/N-ethyl adjacent to an activating group) is 1. The molecule has 1 atom stereocenters. The summed E-state index contributed by atoms with van der Waals surface area (Å²) in [6.45, 7) is 1.31. The maximum atomic E-state index is 12.8. The fourth-order valence-electron chi connectivity index (χ4n) is 4.42. The third-order valence-electron chi connectivity index (χ3n) is 6.00. The van der Waals surface area contributed by atoms with Crippen LogP contribution in [0.1, 0.15) is 50.1 Å². The molecule has 3 amide bonds. The normalized spacial score (nSPS) is 24.8. The van der Waals surface area contributed by atoms with Crippen molar-refractivity contribution < 1.29 is 14.3 Å². The smallest absolute Gasteiger partial charge is 0.318 e. The van der Waals surface area contributed by atoms with E-state index in [2.05, 4.69) is 5.32 Å². The van der Waals surface area contributed by atoms with E-state index in [9.17, 15) is 9.59 Å². The van der Waals surface area contributed by atoms with Gasteiger partial charge in [-0.3, -0.25) is 4.79 Å². The van der Waals surface area contributed by atoms with Gasteiger partial charge in [-0.15, -0.1) is 0 Å². The maximum Gasteiger partial charge on any atom is 0.318 e. The lowest BCUT2D eigenvalue weighted by atomic mass is 9.77. The van der Waals surface area contributed by atoms with Crippen LogP contribution in [0.5, 0.6) is 5.75 Å². The van der Waals surface area contributed by atoms with Gasteiger partial charge in [-0.1, -0.05) is 24.6 Å². The Morgan fingerprint density at radius 1 is 1.19 bits per heavy atom. The number of ether oxygens (including phenoxy) is 1. The zero-order valence-electron chi connectivity index (χ0n) is 15.4. The summed E-state index contributed by atoms with van der Waals surface area (Å²) in [7, 11) is 1.78. The minimum atomic E-state index is -0.164. The number of para-hydroxylation sites is 1. The van der Waals surface area contributed by atoms with Crippen LogP contribution in [0.4, 0.5) is 4.79 Å². The summed E-state index contributed by atoms with van der Waals surface area (Å²) in [4.78, 5) is 28.0. The molecule has 2 aliphatic heterocycles. The van der Waals surface area contributed by atoms with Crippen molar-refractivity contribution in [2.45, 2.75) is 50.2 Å². The first-order valence-corrected chi connectivity index (χ1v) is 9.64. The minimum absolute atomic E-state index is 0.0115. The Morgan fingerprint density at radius 2 is 1.96 bits per heavy atom. The summed E-state index contributed by atoms with van der Waals surface area (Å²) in [6, 6.07) is 7.78. The van der Waals surface area contributed by atoms with Gasteiger partial charge in [-0.25, -0.2) is 4.79 Å². The van der Waals surface area contributed by atoms with Crippen LogP contribution in [0.2, 0.25) is 0 Å². The highest BCUT2D eigenvalue weighted by atomic mass is 16.5. The Labute approximate surface area is 154 Å². The quantitative estimate of drug-likeness (QED) is 0.841. The summed E-state index contributed by atoms with van der Waals surface area (Å²) in [5, 5.41) is 3.19. The monoisotopic (exact) mass is 357 g/mol. The number of hydrogen-bond acceptors (Lipinski definition) is 3. The third-order valence-corrected chi connectivity index (χ3v) is 6.00. The molecule has 1 saturated carbocycles. The number of nitrogens with one attached hydrogen (secondary N) is 1. The number of amides is 3. The van der Waals surface area contributed by atoms with Crippen molar-refractivity contribution in [2.24, 2.45) is 0 Å². The summed E-state index contributed by atoms with van der Waals surface area (Å²) >= 11 is 0. The van der Waals surface area contributed by atoms with Crippen LogP contribution in [0.3, 0.4) is 0 Å². The maximum absolute atomic E-state index is 12.8. The van der Waals surface area contributed by atoms with Crippen molar-refractivity contribution >= 4 is 11.9 Å². The molecule has 3 aliphatic rings. The fraction of sp³-hybridized carbons (Fsp3) is 0.600. The summed E-state index contributed by atoms with van der Waals surface area (Å²) in [5.74, 6) is 0.878. The predicted octanol–water partition coefficient (Wildman–Crippen LogP) is 2.70. The van der Waals surface area contributed by atoms with E-state index in [4.69, 9.17) is 4.74 Å². The molecule has 0 aromatic heterocycles. The second-order valence-electron chi connectivity index (χ2n) is 7.83. The second-order valence-corrected chi connectivity index (χ2v) is 7.83. The van der Waals surface area contributed by atoms with Crippen molar-refractivity contribution in [3.05, 3.63) is 29.8 Å². The predicted molar refractivity (Wildman–Crippen MR) is 98.0 cm³/mol. The van der Waals surface area contributed by atoms with Gasteiger partial charge in [0.15, 0.2) is 0 Å². The molecule has 1 spiro atoms. The molecule has 1 aromatic rings. The van der Waals surface area contributed by atoms with Crippen LogP contribution in [-0.2, 0) is 4.79 Å². The number of carbonyl (C=O) groups is 2. The molecule has 1 aliphatic carbocycles. The lowest BCUT2D eigenvalue weighted by Crippen LogP contribution is -2.55. The first kappa shape index (κ1) is 17.2. The first-order chi connectivity index (χ1) is 12.6. The molecule has 4 rings (SSSR count). The molecular formula is C20H27N3O3. The van der Waals surface area contributed by atoms with E-state index in [0.717, 1.165) is 30.6 Å². The summed E-state index contributed by atoms with van der Waals surface area (Å²) < 4.78 is 6.42. The number of fused-ring (bicyclic) bond motifs is 1. The van der Waals surface area contributed by atoms with E-state index in [1.54, 1.807) is 16.8 Å². The number of nitrogens with zero attached hydrogens (tertiary/aromatic N) is 2. The number of piperazine rings is 1. The molecule has 1 unspecified atom stereocenters. The molecule has 6 heteroatoms. The molecule has 6 nitrogen and oxygen atoms in total. The van der Waals surface area contributed by atoms with Gasteiger partial charge in [-0.2, -0.15) is 0 Å². The molecule has 1 aromatic carbocycles. The van der Waals surface area contributed by atoms with Crippen LogP contribution >= 0.6 is 0 Å². The van der Waals surface area contributed by atoms with Crippen LogP contribution < -0.4 is 10.1 Å². The van der Waals surface area contributed by atoms with Crippen molar-refractivity contribution in [1.29, 1.82) is 0 Å². The summed E-state index contributed by atoms with van der Waals surface area (Å²) in [6.07, 6.45) is 6.50. The first-order valence-electron chi connectivity index (χ1n) is 9.64. The molecule has 0 radical (unpaired) electrons. The molecule has 0 bridgehead atoms. The van der Waals surface area contributed by atoms with E-state index >= 15 is 0 Å². The highest BCUT2D eigenvalue weighted by Gasteiger charge is 2.42. The molecule has 1 N–H and O–H groups in total.